The number of rotatable bonds is 9. The number of Topliss-reactive ketones (excluding diaryl/α,β-unsaturated/α-hetero) is 1. The lowest BCUT2D eigenvalue weighted by Crippen LogP contribution is -2.45. The molecule has 0 aliphatic rings. The van der Waals surface area contributed by atoms with Crippen LogP contribution in [-0.4, -0.2) is 52.3 Å². The van der Waals surface area contributed by atoms with E-state index in [2.05, 4.69) is 10.1 Å². The molecule has 0 aromatic rings. The maximum absolute atomic E-state index is 12.1. The molecule has 0 aromatic heterocycles. The fraction of sp³-hybridized carbons (Fsp3) is 0.692. The van der Waals surface area contributed by atoms with Crippen LogP contribution in [0.2, 0.25) is 0 Å². The molecule has 0 saturated heterocycles. The second-order valence-electron chi connectivity index (χ2n) is 4.67. The summed E-state index contributed by atoms with van der Waals surface area (Å²) < 4.78 is 4.89. The van der Waals surface area contributed by atoms with Crippen LogP contribution in [0, 0.1) is 0 Å². The van der Waals surface area contributed by atoms with E-state index in [0.29, 0.717) is 0 Å². The van der Waals surface area contributed by atoms with Crippen LogP contribution in [0.25, 0.3) is 5.53 Å². The molecule has 0 saturated carbocycles. The van der Waals surface area contributed by atoms with Crippen molar-refractivity contribution in [2.24, 2.45) is 0 Å². The van der Waals surface area contributed by atoms with E-state index in [1.807, 2.05) is 13.8 Å². The third-order valence-corrected chi connectivity index (χ3v) is 3.55. The summed E-state index contributed by atoms with van der Waals surface area (Å²) in [6.45, 7) is 5.29. The van der Waals surface area contributed by atoms with Gasteiger partial charge in [-0.2, -0.15) is 4.79 Å². The smallest absolute Gasteiger partial charge is 0.323 e. The average molecular weight is 315 g/mol. The molecule has 118 valence electrons. The molecular weight excluding hydrogens is 294 g/mol. The predicted molar refractivity (Wildman–Crippen MR) is 80.1 cm³/mol. The van der Waals surface area contributed by atoms with Crippen LogP contribution in [0.5, 0.6) is 0 Å². The van der Waals surface area contributed by atoms with Gasteiger partial charge in [0.05, 0.1) is 6.04 Å². The number of carbonyl (C=O) groups is 3. The molecule has 21 heavy (non-hydrogen) atoms. The van der Waals surface area contributed by atoms with E-state index in [9.17, 15) is 14.4 Å². The first-order chi connectivity index (χ1) is 9.81. The lowest BCUT2D eigenvalue weighted by Gasteiger charge is -2.19. The first kappa shape index (κ1) is 19.5. The Kier molecular flexibility index (Phi) is 9.53. The highest BCUT2D eigenvalue weighted by molar-refractivity contribution is 8.14. The molecule has 0 aliphatic carbocycles. The van der Waals surface area contributed by atoms with Gasteiger partial charge in [0, 0.05) is 18.8 Å². The Morgan fingerprint density at radius 3 is 2.43 bits per heavy atom. The van der Waals surface area contributed by atoms with E-state index in [4.69, 9.17) is 10.3 Å². The van der Waals surface area contributed by atoms with Crippen molar-refractivity contribution in [2.45, 2.75) is 51.0 Å². The first-order valence-corrected chi connectivity index (χ1v) is 7.43. The second-order valence-corrected chi connectivity index (χ2v) is 6.26. The lowest BCUT2D eigenvalue weighted by molar-refractivity contribution is -0.132. The Bertz CT molecular complexity index is 433. The fourth-order valence-electron chi connectivity index (χ4n) is 1.38. The van der Waals surface area contributed by atoms with Crippen LogP contribution >= 0.6 is 11.8 Å². The zero-order valence-electron chi connectivity index (χ0n) is 12.7. The Labute approximate surface area is 128 Å². The van der Waals surface area contributed by atoms with E-state index >= 15 is 0 Å². The highest BCUT2D eigenvalue weighted by atomic mass is 32.2. The second kappa shape index (κ2) is 10.3. The molecule has 0 aliphatic heterocycles. The number of carbonyl (C=O) groups excluding carboxylic acids is 3. The predicted octanol–water partition coefficient (Wildman–Crippen LogP) is 0.824. The zero-order valence-corrected chi connectivity index (χ0v) is 13.5. The van der Waals surface area contributed by atoms with Crippen LogP contribution in [0.4, 0.5) is 0 Å². The van der Waals surface area contributed by atoms with Crippen LogP contribution in [0.3, 0.4) is 0 Å². The van der Waals surface area contributed by atoms with Gasteiger partial charge in [-0.25, -0.2) is 0 Å². The van der Waals surface area contributed by atoms with E-state index < -0.39 is 23.8 Å². The average Bonchev–Trinajstić information content (AvgIpc) is 2.41. The summed E-state index contributed by atoms with van der Waals surface area (Å²) in [6, 6.07) is -0.779. The van der Waals surface area contributed by atoms with Crippen molar-refractivity contribution in [3.63, 3.8) is 0 Å². The van der Waals surface area contributed by atoms with Crippen molar-refractivity contribution >= 4 is 34.8 Å². The molecule has 0 radical (unpaired) electrons. The van der Waals surface area contributed by atoms with Crippen molar-refractivity contribution in [1.82, 2.24) is 5.32 Å². The van der Waals surface area contributed by atoms with E-state index in [-0.39, 0.29) is 23.2 Å². The lowest BCUT2D eigenvalue weighted by atomic mass is 10.1. The first-order valence-electron chi connectivity index (χ1n) is 6.55. The summed E-state index contributed by atoms with van der Waals surface area (Å²) in [4.78, 5) is 37.8. The maximum atomic E-state index is 12.1. The number of amides is 1. The van der Waals surface area contributed by atoms with Crippen LogP contribution in [0.1, 0.15) is 33.6 Å². The minimum atomic E-state index is -0.779. The van der Waals surface area contributed by atoms with Gasteiger partial charge >= 0.3 is 6.21 Å². The van der Waals surface area contributed by atoms with Gasteiger partial charge in [0.1, 0.15) is 6.10 Å². The Hall–Kier alpha value is -1.50. The Morgan fingerprint density at radius 2 is 1.95 bits per heavy atom. The largest absolute Gasteiger partial charge is 0.372 e. The molecule has 0 rings (SSSR count). The summed E-state index contributed by atoms with van der Waals surface area (Å²) >= 11 is 1.10. The quantitative estimate of drug-likeness (QED) is 0.385. The van der Waals surface area contributed by atoms with Gasteiger partial charge in [0.15, 0.2) is 0 Å². The van der Waals surface area contributed by atoms with Crippen LogP contribution < -0.4 is 5.32 Å². The monoisotopic (exact) mass is 315 g/mol. The molecule has 1 N–H and O–H groups in total. The maximum Gasteiger partial charge on any atom is 0.323 e. The summed E-state index contributed by atoms with van der Waals surface area (Å²) in [6.07, 6.45) is 0.238. The van der Waals surface area contributed by atoms with Gasteiger partial charge in [-0.15, -0.1) is 0 Å². The van der Waals surface area contributed by atoms with Gasteiger partial charge in [-0.1, -0.05) is 25.6 Å². The van der Waals surface area contributed by atoms with Crippen molar-refractivity contribution in [2.75, 3.05) is 7.11 Å². The molecule has 8 heteroatoms. The number of thioether (sulfide) groups is 1. The summed E-state index contributed by atoms with van der Waals surface area (Å²) in [5, 5.41) is 2.44. The SMILES string of the molecule is CO[C@@H](C)C(=O)N[C@@H](CCC(=O)C=[N+]=[N-])C(=O)SC(C)C. The minimum Gasteiger partial charge on any atom is -0.372 e. The molecule has 0 unspecified atom stereocenters. The molecule has 0 heterocycles. The van der Waals surface area contributed by atoms with E-state index in [1.54, 1.807) is 6.92 Å². The van der Waals surface area contributed by atoms with Crippen LogP contribution in [-0.2, 0) is 19.1 Å². The van der Waals surface area contributed by atoms with Crippen molar-refractivity contribution < 1.29 is 23.9 Å². The number of hydrogen-bond donors (Lipinski definition) is 1. The van der Waals surface area contributed by atoms with Crippen LogP contribution in [0.15, 0.2) is 0 Å². The highest BCUT2D eigenvalue weighted by Gasteiger charge is 2.25. The normalized spacial score (nSPS) is 13.2. The van der Waals surface area contributed by atoms with Gasteiger partial charge in [0.2, 0.25) is 16.8 Å². The van der Waals surface area contributed by atoms with Gasteiger partial charge in [-0.05, 0) is 13.3 Å². The number of methoxy groups -OCH3 is 1. The molecule has 0 spiro atoms. The Balaban J connectivity index is 4.75. The summed E-state index contributed by atoms with van der Waals surface area (Å²) in [5.41, 5.74) is 8.27. The zero-order chi connectivity index (χ0) is 16.4. The molecule has 0 fully saturated rings. The van der Waals surface area contributed by atoms with Gasteiger partial charge in [0.25, 0.3) is 0 Å². The van der Waals surface area contributed by atoms with Crippen molar-refractivity contribution in [3.8, 4) is 0 Å². The topological polar surface area (TPSA) is 109 Å². The minimum absolute atomic E-state index is 0.000759. The number of hydrogen-bond acceptors (Lipinski definition) is 5. The third kappa shape index (κ3) is 8.39. The van der Waals surface area contributed by atoms with E-state index in [0.717, 1.165) is 18.0 Å². The summed E-state index contributed by atoms with van der Waals surface area (Å²) in [5.74, 6) is -0.831. The molecule has 0 bridgehead atoms. The number of nitrogens with one attached hydrogen (secondary N) is 1. The number of nitrogens with zero attached hydrogens (tertiary/aromatic N) is 2. The molecule has 2 atom stereocenters. The highest BCUT2D eigenvalue weighted by Crippen LogP contribution is 2.16. The molecule has 1 amide bonds. The van der Waals surface area contributed by atoms with Gasteiger partial charge in [-0.3, -0.25) is 14.4 Å². The van der Waals surface area contributed by atoms with Gasteiger partial charge < -0.3 is 15.6 Å². The fourth-order valence-corrected chi connectivity index (χ4v) is 2.18. The number of ether oxygens (including phenoxy) is 1. The van der Waals surface area contributed by atoms with Crippen molar-refractivity contribution in [1.29, 1.82) is 0 Å². The number of ketones is 1. The standard InChI is InChI=1S/C13H21N3O4S/c1-8(2)21-13(19)11(6-5-10(17)7-15-14)16-12(18)9(3)20-4/h7-9,11H,5-6H2,1-4H3,(H,16,18)/t9-,11-/m0/s1. The third-order valence-electron chi connectivity index (χ3n) is 2.56. The van der Waals surface area contributed by atoms with E-state index in [1.165, 1.54) is 7.11 Å². The van der Waals surface area contributed by atoms with Crippen molar-refractivity contribution in [3.05, 3.63) is 5.53 Å². The molecule has 7 nitrogen and oxygen atoms in total. The molecular formula is C13H21N3O4S. The summed E-state index contributed by atoms with van der Waals surface area (Å²) in [7, 11) is 1.39. The Morgan fingerprint density at radius 1 is 1.33 bits per heavy atom. The molecule has 0 aromatic carbocycles.